The van der Waals surface area contributed by atoms with Crippen molar-refractivity contribution >= 4 is 29.1 Å². The van der Waals surface area contributed by atoms with E-state index < -0.39 is 5.60 Å². The van der Waals surface area contributed by atoms with Gasteiger partial charge in [0.2, 0.25) is 0 Å². The first-order chi connectivity index (χ1) is 9.07. The summed E-state index contributed by atoms with van der Waals surface area (Å²) in [4.78, 5) is 13.0. The zero-order chi connectivity index (χ0) is 13.7. The highest BCUT2D eigenvalue weighted by Gasteiger charge is 2.31. The van der Waals surface area contributed by atoms with Crippen LogP contribution in [-0.4, -0.2) is 40.8 Å². The van der Waals surface area contributed by atoms with Crippen molar-refractivity contribution in [3.05, 3.63) is 22.4 Å². The summed E-state index contributed by atoms with van der Waals surface area (Å²) >= 11 is 3.43. The van der Waals surface area contributed by atoms with E-state index in [1.54, 1.807) is 23.1 Å². The maximum Gasteiger partial charge on any atom is 0.315 e. The van der Waals surface area contributed by atoms with E-state index in [1.807, 2.05) is 18.4 Å². The molecular weight excluding hydrogens is 280 g/mol. The van der Waals surface area contributed by atoms with E-state index in [4.69, 9.17) is 0 Å². The third-order valence-electron chi connectivity index (χ3n) is 3.13. The highest BCUT2D eigenvalue weighted by Crippen LogP contribution is 2.26. The number of thiophene rings is 1. The van der Waals surface area contributed by atoms with Crippen molar-refractivity contribution in [2.45, 2.75) is 31.4 Å². The molecule has 1 fully saturated rings. The van der Waals surface area contributed by atoms with Crippen LogP contribution in [0, 0.1) is 0 Å². The Bertz CT molecular complexity index is 403. The SMILES string of the molecule is CC(Cc1cccs1)NC(=O)NCC1(O)CCSC1. The average Bonchev–Trinajstić information content (AvgIpc) is 2.99. The largest absolute Gasteiger partial charge is 0.387 e. The van der Waals surface area contributed by atoms with Gasteiger partial charge in [0, 0.05) is 29.6 Å². The lowest BCUT2D eigenvalue weighted by molar-refractivity contribution is 0.0699. The lowest BCUT2D eigenvalue weighted by atomic mass is 10.0. The molecule has 0 saturated carbocycles. The molecule has 1 aromatic rings. The van der Waals surface area contributed by atoms with Crippen LogP contribution in [0.1, 0.15) is 18.2 Å². The fourth-order valence-electron chi connectivity index (χ4n) is 2.04. The minimum atomic E-state index is -0.723. The molecule has 2 unspecified atom stereocenters. The van der Waals surface area contributed by atoms with Gasteiger partial charge in [0.05, 0.1) is 5.60 Å². The predicted molar refractivity (Wildman–Crippen MR) is 80.9 cm³/mol. The summed E-state index contributed by atoms with van der Waals surface area (Å²) in [5.74, 6) is 1.67. The van der Waals surface area contributed by atoms with E-state index in [1.165, 1.54) is 4.88 Å². The predicted octanol–water partition coefficient (Wildman–Crippen LogP) is 1.85. The molecule has 2 atom stereocenters. The normalized spacial score (nSPS) is 24.1. The highest BCUT2D eigenvalue weighted by molar-refractivity contribution is 7.99. The Morgan fingerprint density at radius 1 is 1.63 bits per heavy atom. The van der Waals surface area contributed by atoms with Gasteiger partial charge in [0.1, 0.15) is 0 Å². The second-order valence-electron chi connectivity index (χ2n) is 5.04. The summed E-state index contributed by atoms with van der Waals surface area (Å²) in [5.41, 5.74) is -0.723. The first kappa shape index (κ1) is 14.7. The first-order valence-corrected chi connectivity index (χ1v) is 8.48. The van der Waals surface area contributed by atoms with Gasteiger partial charge >= 0.3 is 6.03 Å². The molecule has 2 rings (SSSR count). The second-order valence-corrected chi connectivity index (χ2v) is 7.18. The number of carbonyl (C=O) groups excluding carboxylic acids is 1. The van der Waals surface area contributed by atoms with Crippen LogP contribution < -0.4 is 10.6 Å². The molecule has 106 valence electrons. The molecule has 19 heavy (non-hydrogen) atoms. The Balaban J connectivity index is 1.69. The van der Waals surface area contributed by atoms with Crippen LogP contribution in [0.2, 0.25) is 0 Å². The molecule has 1 aliphatic heterocycles. The molecule has 2 heterocycles. The lowest BCUT2D eigenvalue weighted by Crippen LogP contribution is -2.48. The number of carbonyl (C=O) groups is 1. The Kier molecular flexibility index (Phi) is 5.13. The van der Waals surface area contributed by atoms with Crippen LogP contribution in [-0.2, 0) is 6.42 Å². The number of amides is 2. The monoisotopic (exact) mass is 300 g/mol. The summed E-state index contributed by atoms with van der Waals surface area (Å²) in [7, 11) is 0. The standard InChI is InChI=1S/C13H20N2O2S2/c1-10(7-11-3-2-5-19-11)15-12(16)14-8-13(17)4-6-18-9-13/h2-3,5,10,17H,4,6-9H2,1H3,(H2,14,15,16). The third-order valence-corrected chi connectivity index (χ3v) is 5.26. The molecule has 0 bridgehead atoms. The second kappa shape index (κ2) is 6.63. The van der Waals surface area contributed by atoms with Crippen molar-refractivity contribution in [3.63, 3.8) is 0 Å². The van der Waals surface area contributed by atoms with Crippen molar-refractivity contribution in [1.29, 1.82) is 0 Å². The molecule has 0 radical (unpaired) electrons. The molecule has 0 aliphatic carbocycles. The van der Waals surface area contributed by atoms with Crippen molar-refractivity contribution in [2.24, 2.45) is 0 Å². The molecule has 1 saturated heterocycles. The minimum Gasteiger partial charge on any atom is -0.387 e. The van der Waals surface area contributed by atoms with Crippen molar-refractivity contribution in [3.8, 4) is 0 Å². The van der Waals surface area contributed by atoms with E-state index in [2.05, 4.69) is 16.7 Å². The van der Waals surface area contributed by atoms with Gasteiger partial charge in [0.15, 0.2) is 0 Å². The van der Waals surface area contributed by atoms with Gasteiger partial charge in [-0.1, -0.05) is 6.07 Å². The molecule has 4 nitrogen and oxygen atoms in total. The summed E-state index contributed by atoms with van der Waals surface area (Å²) < 4.78 is 0. The fourth-order valence-corrected chi connectivity index (χ4v) is 4.17. The Hall–Kier alpha value is -0.720. The molecule has 6 heteroatoms. The molecule has 0 aromatic carbocycles. The maximum absolute atomic E-state index is 11.7. The van der Waals surface area contributed by atoms with E-state index in [0.29, 0.717) is 12.3 Å². The van der Waals surface area contributed by atoms with Crippen LogP contribution >= 0.6 is 23.1 Å². The van der Waals surface area contributed by atoms with Crippen LogP contribution in [0.5, 0.6) is 0 Å². The summed E-state index contributed by atoms with van der Waals surface area (Å²) in [5, 5.41) is 17.8. The Morgan fingerprint density at radius 2 is 2.47 bits per heavy atom. The smallest absolute Gasteiger partial charge is 0.315 e. The molecule has 1 aromatic heterocycles. The Morgan fingerprint density at radius 3 is 3.11 bits per heavy atom. The van der Waals surface area contributed by atoms with E-state index in [9.17, 15) is 9.90 Å². The van der Waals surface area contributed by atoms with Crippen molar-refractivity contribution < 1.29 is 9.90 Å². The Labute approximate surface area is 122 Å². The van der Waals surface area contributed by atoms with Crippen LogP contribution in [0.4, 0.5) is 4.79 Å². The summed E-state index contributed by atoms with van der Waals surface area (Å²) in [6, 6.07) is 3.97. The molecule has 3 N–H and O–H groups in total. The molecule has 0 spiro atoms. The molecule has 2 amide bonds. The summed E-state index contributed by atoms with van der Waals surface area (Å²) in [6.07, 6.45) is 1.59. The maximum atomic E-state index is 11.7. The number of urea groups is 1. The van der Waals surface area contributed by atoms with Crippen molar-refractivity contribution in [2.75, 3.05) is 18.1 Å². The topological polar surface area (TPSA) is 61.4 Å². The average molecular weight is 300 g/mol. The van der Waals surface area contributed by atoms with Crippen LogP contribution in [0.15, 0.2) is 17.5 Å². The quantitative estimate of drug-likeness (QED) is 0.778. The van der Waals surface area contributed by atoms with Crippen LogP contribution in [0.25, 0.3) is 0 Å². The lowest BCUT2D eigenvalue weighted by Gasteiger charge is -2.22. The van der Waals surface area contributed by atoms with Crippen molar-refractivity contribution in [1.82, 2.24) is 10.6 Å². The molecular formula is C13H20N2O2S2. The van der Waals surface area contributed by atoms with E-state index in [0.717, 1.165) is 18.6 Å². The molecule has 1 aliphatic rings. The fraction of sp³-hybridized carbons (Fsp3) is 0.615. The van der Waals surface area contributed by atoms with E-state index >= 15 is 0 Å². The third kappa shape index (κ3) is 4.71. The van der Waals surface area contributed by atoms with E-state index in [-0.39, 0.29) is 12.1 Å². The number of hydrogen-bond acceptors (Lipinski definition) is 4. The highest BCUT2D eigenvalue weighted by atomic mass is 32.2. The van der Waals surface area contributed by atoms with Gasteiger partial charge in [0.25, 0.3) is 0 Å². The van der Waals surface area contributed by atoms with Crippen LogP contribution in [0.3, 0.4) is 0 Å². The zero-order valence-corrected chi connectivity index (χ0v) is 12.6. The zero-order valence-electron chi connectivity index (χ0n) is 11.0. The number of hydrogen-bond donors (Lipinski definition) is 3. The van der Waals surface area contributed by atoms with Gasteiger partial charge < -0.3 is 15.7 Å². The van der Waals surface area contributed by atoms with Gasteiger partial charge in [-0.2, -0.15) is 11.8 Å². The number of aliphatic hydroxyl groups is 1. The first-order valence-electron chi connectivity index (χ1n) is 6.44. The van der Waals surface area contributed by atoms with Gasteiger partial charge in [-0.05, 0) is 30.5 Å². The minimum absolute atomic E-state index is 0.0891. The number of nitrogens with one attached hydrogen (secondary N) is 2. The van der Waals surface area contributed by atoms with Gasteiger partial charge in [-0.15, -0.1) is 11.3 Å². The number of rotatable bonds is 5. The summed E-state index contributed by atoms with van der Waals surface area (Å²) in [6.45, 7) is 2.32. The van der Waals surface area contributed by atoms with Gasteiger partial charge in [-0.25, -0.2) is 4.79 Å². The van der Waals surface area contributed by atoms with Gasteiger partial charge in [-0.3, -0.25) is 0 Å². The number of thioether (sulfide) groups is 1.